The SMILES string of the molecule is O=C1NC2(COC3(CCN(C(=O)C4(c5ccccc5)CCCC4)CC3)C2)Nc2ccccc21. The number of carbonyl (C=O) groups excluding carboxylic acids is 2. The molecule has 2 aromatic rings. The molecule has 3 aliphatic heterocycles. The molecule has 2 N–H and O–H groups in total. The van der Waals surface area contributed by atoms with Crippen molar-refractivity contribution in [3.63, 3.8) is 0 Å². The zero-order valence-electron chi connectivity index (χ0n) is 18.9. The van der Waals surface area contributed by atoms with E-state index in [4.69, 9.17) is 4.74 Å². The highest BCUT2D eigenvalue weighted by Crippen LogP contribution is 2.46. The van der Waals surface area contributed by atoms with Crippen LogP contribution in [0.25, 0.3) is 0 Å². The summed E-state index contributed by atoms with van der Waals surface area (Å²) in [6.45, 7) is 1.84. The molecule has 33 heavy (non-hydrogen) atoms. The lowest BCUT2D eigenvalue weighted by Crippen LogP contribution is -2.59. The number of nitrogens with one attached hydrogen (secondary N) is 2. The lowest BCUT2D eigenvalue weighted by Gasteiger charge is -2.43. The van der Waals surface area contributed by atoms with Crippen LogP contribution in [0.4, 0.5) is 5.69 Å². The fraction of sp³-hybridized carbons (Fsp3) is 0.481. The van der Waals surface area contributed by atoms with Gasteiger partial charge in [-0.1, -0.05) is 55.3 Å². The van der Waals surface area contributed by atoms with E-state index in [1.807, 2.05) is 42.5 Å². The van der Waals surface area contributed by atoms with Crippen molar-refractivity contribution in [2.24, 2.45) is 0 Å². The van der Waals surface area contributed by atoms with Crippen molar-refractivity contribution in [3.05, 3.63) is 65.7 Å². The molecule has 0 bridgehead atoms. The minimum Gasteiger partial charge on any atom is -0.370 e. The molecule has 3 heterocycles. The van der Waals surface area contributed by atoms with Gasteiger partial charge in [0.2, 0.25) is 5.91 Å². The Hall–Kier alpha value is -2.86. The number of likely N-dealkylation sites (tertiary alicyclic amines) is 1. The van der Waals surface area contributed by atoms with Gasteiger partial charge >= 0.3 is 0 Å². The second-order valence-corrected chi connectivity index (χ2v) is 10.3. The number of nitrogens with zero attached hydrogens (tertiary/aromatic N) is 1. The lowest BCUT2D eigenvalue weighted by atomic mass is 9.76. The summed E-state index contributed by atoms with van der Waals surface area (Å²) in [5.41, 5.74) is 1.45. The molecule has 2 amide bonds. The predicted molar refractivity (Wildman–Crippen MR) is 126 cm³/mol. The molecule has 6 heteroatoms. The summed E-state index contributed by atoms with van der Waals surface area (Å²) < 4.78 is 6.39. The first kappa shape index (κ1) is 20.7. The van der Waals surface area contributed by atoms with E-state index in [9.17, 15) is 9.59 Å². The van der Waals surface area contributed by atoms with Crippen LogP contribution in [0.5, 0.6) is 0 Å². The number of fused-ring (bicyclic) bond motifs is 1. The number of amides is 2. The molecule has 6 rings (SSSR count). The normalized spacial score (nSPS) is 27.3. The van der Waals surface area contributed by atoms with Gasteiger partial charge in [-0.2, -0.15) is 0 Å². The lowest BCUT2D eigenvalue weighted by molar-refractivity contribution is -0.142. The van der Waals surface area contributed by atoms with Gasteiger partial charge in [-0.3, -0.25) is 9.59 Å². The van der Waals surface area contributed by atoms with Crippen LogP contribution < -0.4 is 10.6 Å². The molecule has 172 valence electrons. The molecule has 1 saturated carbocycles. The van der Waals surface area contributed by atoms with Gasteiger partial charge in [-0.25, -0.2) is 0 Å². The van der Waals surface area contributed by atoms with E-state index in [-0.39, 0.29) is 22.8 Å². The molecule has 2 saturated heterocycles. The molecule has 1 atom stereocenters. The third kappa shape index (κ3) is 3.34. The third-order valence-electron chi connectivity index (χ3n) is 8.30. The first-order valence-electron chi connectivity index (χ1n) is 12.2. The van der Waals surface area contributed by atoms with Crippen molar-refractivity contribution in [1.82, 2.24) is 10.2 Å². The van der Waals surface area contributed by atoms with Gasteiger partial charge in [0.15, 0.2) is 0 Å². The van der Waals surface area contributed by atoms with Crippen LogP contribution in [0.2, 0.25) is 0 Å². The monoisotopic (exact) mass is 445 g/mol. The van der Waals surface area contributed by atoms with Crippen LogP contribution in [0.3, 0.4) is 0 Å². The van der Waals surface area contributed by atoms with E-state index in [2.05, 4.69) is 27.7 Å². The van der Waals surface area contributed by atoms with Crippen LogP contribution in [-0.2, 0) is 14.9 Å². The first-order valence-corrected chi connectivity index (χ1v) is 12.2. The Morgan fingerprint density at radius 3 is 2.33 bits per heavy atom. The Kier molecular flexibility index (Phi) is 4.77. The number of benzene rings is 2. The molecule has 2 aromatic carbocycles. The highest BCUT2D eigenvalue weighted by Gasteiger charge is 2.54. The van der Waals surface area contributed by atoms with Gasteiger partial charge in [0.25, 0.3) is 5.91 Å². The second-order valence-electron chi connectivity index (χ2n) is 10.3. The summed E-state index contributed by atoms with van der Waals surface area (Å²) in [7, 11) is 0. The second kappa shape index (κ2) is 7.59. The van der Waals surface area contributed by atoms with Crippen molar-refractivity contribution in [3.8, 4) is 0 Å². The Bertz CT molecular complexity index is 1070. The molecule has 1 aliphatic carbocycles. The van der Waals surface area contributed by atoms with E-state index in [1.165, 1.54) is 0 Å². The first-order chi connectivity index (χ1) is 16.0. The molecule has 4 aliphatic rings. The molecule has 1 unspecified atom stereocenters. The standard InChI is InChI=1S/C27H31N3O3/c31-23-21-10-4-5-11-22(21)28-27(29-23)18-25(33-19-27)14-16-30(17-15-25)24(32)26(12-6-7-13-26)20-8-2-1-3-9-20/h1-5,8-11,28H,6-7,12-19H2,(H,29,31). The Morgan fingerprint density at radius 1 is 0.879 bits per heavy atom. The zero-order valence-corrected chi connectivity index (χ0v) is 18.9. The fourth-order valence-corrected chi connectivity index (χ4v) is 6.56. The van der Waals surface area contributed by atoms with Crippen LogP contribution in [0.15, 0.2) is 54.6 Å². The Labute approximate surface area is 194 Å². The minimum absolute atomic E-state index is 0.0522. The summed E-state index contributed by atoms with van der Waals surface area (Å²) >= 11 is 0. The van der Waals surface area contributed by atoms with Crippen LogP contribution >= 0.6 is 0 Å². The molecule has 2 spiro atoms. The number of rotatable bonds is 2. The Morgan fingerprint density at radius 2 is 1.58 bits per heavy atom. The smallest absolute Gasteiger partial charge is 0.255 e. The van der Waals surface area contributed by atoms with Crippen molar-refractivity contribution in [2.75, 3.05) is 25.0 Å². The quantitative estimate of drug-likeness (QED) is 0.737. The molecule has 0 aromatic heterocycles. The third-order valence-corrected chi connectivity index (χ3v) is 8.30. The number of carbonyl (C=O) groups is 2. The topological polar surface area (TPSA) is 70.7 Å². The largest absolute Gasteiger partial charge is 0.370 e. The molecule has 6 nitrogen and oxygen atoms in total. The van der Waals surface area contributed by atoms with Crippen molar-refractivity contribution < 1.29 is 14.3 Å². The minimum atomic E-state index is -0.575. The van der Waals surface area contributed by atoms with Gasteiger partial charge in [0.1, 0.15) is 5.66 Å². The maximum atomic E-state index is 13.8. The van der Waals surface area contributed by atoms with E-state index in [0.29, 0.717) is 31.7 Å². The molecular formula is C27H31N3O3. The molecule has 3 fully saturated rings. The summed E-state index contributed by atoms with van der Waals surface area (Å²) in [5, 5.41) is 6.71. The maximum absolute atomic E-state index is 13.8. The summed E-state index contributed by atoms with van der Waals surface area (Å²) in [4.78, 5) is 28.6. The number of ether oxygens (including phenoxy) is 1. The van der Waals surface area contributed by atoms with Crippen molar-refractivity contribution >= 4 is 17.5 Å². The number of hydrogen-bond donors (Lipinski definition) is 2. The molecular weight excluding hydrogens is 414 g/mol. The summed E-state index contributed by atoms with van der Waals surface area (Å²) in [6.07, 6.45) is 6.40. The zero-order chi connectivity index (χ0) is 22.5. The van der Waals surface area contributed by atoms with Gasteiger partial charge in [-0.15, -0.1) is 0 Å². The highest BCUT2D eigenvalue weighted by molar-refractivity contribution is 6.02. The van der Waals surface area contributed by atoms with Gasteiger partial charge in [0, 0.05) is 25.2 Å². The average molecular weight is 446 g/mol. The number of piperidine rings is 1. The van der Waals surface area contributed by atoms with Gasteiger partial charge in [-0.05, 0) is 43.4 Å². The van der Waals surface area contributed by atoms with Gasteiger partial charge in [0.05, 0.1) is 23.2 Å². The maximum Gasteiger partial charge on any atom is 0.255 e. The van der Waals surface area contributed by atoms with E-state index >= 15 is 0 Å². The van der Waals surface area contributed by atoms with Gasteiger partial charge < -0.3 is 20.3 Å². The average Bonchev–Trinajstić information content (AvgIpc) is 3.47. The Balaban J connectivity index is 1.17. The fourth-order valence-electron chi connectivity index (χ4n) is 6.56. The van der Waals surface area contributed by atoms with E-state index < -0.39 is 5.66 Å². The number of anilines is 1. The summed E-state index contributed by atoms with van der Waals surface area (Å²) in [5.74, 6) is 0.232. The number of para-hydroxylation sites is 1. The number of hydrogen-bond acceptors (Lipinski definition) is 4. The summed E-state index contributed by atoms with van der Waals surface area (Å²) in [6, 6.07) is 18.0. The van der Waals surface area contributed by atoms with Crippen LogP contribution in [0, 0.1) is 0 Å². The molecule has 0 radical (unpaired) electrons. The highest BCUT2D eigenvalue weighted by atomic mass is 16.5. The predicted octanol–water partition coefficient (Wildman–Crippen LogP) is 3.83. The van der Waals surface area contributed by atoms with E-state index in [0.717, 1.165) is 49.8 Å². The van der Waals surface area contributed by atoms with Crippen LogP contribution in [-0.4, -0.2) is 47.7 Å². The van der Waals surface area contributed by atoms with E-state index in [1.54, 1.807) is 0 Å². The van der Waals surface area contributed by atoms with Crippen molar-refractivity contribution in [2.45, 2.75) is 61.6 Å². The van der Waals surface area contributed by atoms with Crippen LogP contribution in [0.1, 0.15) is 60.9 Å². The van der Waals surface area contributed by atoms with Crippen molar-refractivity contribution in [1.29, 1.82) is 0 Å².